The van der Waals surface area contributed by atoms with Gasteiger partial charge >= 0.3 is 0 Å². The summed E-state index contributed by atoms with van der Waals surface area (Å²) in [6.45, 7) is 3.14. The summed E-state index contributed by atoms with van der Waals surface area (Å²) >= 11 is 9.69. The lowest BCUT2D eigenvalue weighted by Crippen LogP contribution is -2.47. The molecule has 1 fully saturated rings. The van der Waals surface area contributed by atoms with E-state index in [0.717, 1.165) is 36.5 Å². The minimum absolute atomic E-state index is 0.227. The van der Waals surface area contributed by atoms with Crippen molar-refractivity contribution in [1.82, 2.24) is 14.8 Å². The molecule has 3 heterocycles. The molecule has 22 heavy (non-hydrogen) atoms. The van der Waals surface area contributed by atoms with Crippen LogP contribution in [0.1, 0.15) is 0 Å². The third-order valence-corrected chi connectivity index (χ3v) is 4.69. The lowest BCUT2D eigenvalue weighted by Gasteiger charge is -2.37. The molecule has 0 bridgehead atoms. The molecule has 1 saturated heterocycles. The molecule has 0 aromatic carbocycles. The molecule has 6 nitrogen and oxygen atoms in total. The van der Waals surface area contributed by atoms with Crippen LogP contribution in [0.5, 0.6) is 0 Å². The summed E-state index contributed by atoms with van der Waals surface area (Å²) in [5.41, 5.74) is 0.429. The zero-order valence-corrected chi connectivity index (χ0v) is 14.4. The summed E-state index contributed by atoms with van der Waals surface area (Å²) in [5, 5.41) is 4.28. The van der Waals surface area contributed by atoms with Crippen molar-refractivity contribution < 1.29 is 0 Å². The van der Waals surface area contributed by atoms with E-state index in [2.05, 4.69) is 35.8 Å². The molecule has 0 atom stereocenters. The zero-order valence-electron chi connectivity index (χ0n) is 12.0. The van der Waals surface area contributed by atoms with Crippen LogP contribution in [-0.2, 0) is 7.05 Å². The summed E-state index contributed by atoms with van der Waals surface area (Å²) in [4.78, 5) is 20.6. The first-order valence-electron chi connectivity index (χ1n) is 6.90. The SMILES string of the molecule is Cn1ncc(N2CCN(c3ncccc3Br)CC2)c(Cl)c1=O. The number of aromatic nitrogens is 3. The minimum Gasteiger partial charge on any atom is -0.365 e. The first-order chi connectivity index (χ1) is 10.6. The van der Waals surface area contributed by atoms with Gasteiger partial charge in [0.1, 0.15) is 10.8 Å². The fourth-order valence-corrected chi connectivity index (χ4v) is 3.29. The van der Waals surface area contributed by atoms with E-state index in [4.69, 9.17) is 11.6 Å². The molecule has 1 aliphatic rings. The number of aryl methyl sites for hydroxylation is 1. The molecule has 2 aromatic rings. The Bertz CT molecular complexity index is 742. The third-order valence-electron chi connectivity index (χ3n) is 3.72. The zero-order chi connectivity index (χ0) is 15.7. The van der Waals surface area contributed by atoms with Crippen LogP contribution in [0, 0.1) is 0 Å². The van der Waals surface area contributed by atoms with Crippen molar-refractivity contribution in [3.63, 3.8) is 0 Å². The maximum Gasteiger partial charge on any atom is 0.287 e. The Morgan fingerprint density at radius 2 is 1.91 bits per heavy atom. The highest BCUT2D eigenvalue weighted by Gasteiger charge is 2.22. The average Bonchev–Trinajstić information content (AvgIpc) is 2.54. The average molecular weight is 385 g/mol. The van der Waals surface area contributed by atoms with Crippen LogP contribution < -0.4 is 15.4 Å². The van der Waals surface area contributed by atoms with Crippen molar-refractivity contribution in [3.8, 4) is 0 Å². The Morgan fingerprint density at radius 3 is 2.59 bits per heavy atom. The second-order valence-electron chi connectivity index (χ2n) is 5.06. The van der Waals surface area contributed by atoms with Gasteiger partial charge in [-0.1, -0.05) is 11.6 Å². The molecule has 1 aliphatic heterocycles. The number of pyridine rings is 1. The molecule has 0 radical (unpaired) electrons. The van der Waals surface area contributed by atoms with E-state index in [-0.39, 0.29) is 10.6 Å². The van der Waals surface area contributed by atoms with E-state index in [1.807, 2.05) is 12.1 Å². The highest BCUT2D eigenvalue weighted by atomic mass is 79.9. The number of nitrogens with zero attached hydrogens (tertiary/aromatic N) is 5. The largest absolute Gasteiger partial charge is 0.365 e. The first kappa shape index (κ1) is 15.3. The number of anilines is 2. The Morgan fingerprint density at radius 1 is 1.23 bits per heavy atom. The Labute approximate surface area is 141 Å². The predicted octanol–water partition coefficient (Wildman–Crippen LogP) is 1.92. The van der Waals surface area contributed by atoms with E-state index in [9.17, 15) is 4.79 Å². The van der Waals surface area contributed by atoms with Gasteiger partial charge in [0.25, 0.3) is 5.56 Å². The van der Waals surface area contributed by atoms with Gasteiger partial charge in [-0.2, -0.15) is 5.10 Å². The van der Waals surface area contributed by atoms with Crippen molar-refractivity contribution in [2.24, 2.45) is 7.05 Å². The second-order valence-corrected chi connectivity index (χ2v) is 6.29. The molecule has 3 rings (SSSR count). The lowest BCUT2D eigenvalue weighted by atomic mass is 10.2. The van der Waals surface area contributed by atoms with Crippen LogP contribution in [-0.4, -0.2) is 40.9 Å². The van der Waals surface area contributed by atoms with Gasteiger partial charge in [-0.25, -0.2) is 9.67 Å². The maximum absolute atomic E-state index is 11.9. The van der Waals surface area contributed by atoms with Crippen LogP contribution in [0.3, 0.4) is 0 Å². The quantitative estimate of drug-likeness (QED) is 0.792. The molecule has 0 unspecified atom stereocenters. The fourth-order valence-electron chi connectivity index (χ4n) is 2.49. The van der Waals surface area contributed by atoms with Crippen molar-refractivity contribution in [3.05, 3.63) is 44.4 Å². The number of hydrogen-bond acceptors (Lipinski definition) is 5. The van der Waals surface area contributed by atoms with Gasteiger partial charge in [0.2, 0.25) is 0 Å². The second kappa shape index (κ2) is 6.26. The summed E-state index contributed by atoms with van der Waals surface area (Å²) in [5.74, 6) is 0.940. The summed E-state index contributed by atoms with van der Waals surface area (Å²) in [6, 6.07) is 3.88. The summed E-state index contributed by atoms with van der Waals surface area (Å²) in [7, 11) is 1.59. The summed E-state index contributed by atoms with van der Waals surface area (Å²) in [6.07, 6.45) is 3.43. The van der Waals surface area contributed by atoms with Gasteiger partial charge in [0.15, 0.2) is 0 Å². The number of hydrogen-bond donors (Lipinski definition) is 0. The smallest absolute Gasteiger partial charge is 0.287 e. The van der Waals surface area contributed by atoms with Gasteiger partial charge in [-0.15, -0.1) is 0 Å². The van der Waals surface area contributed by atoms with Gasteiger partial charge in [-0.3, -0.25) is 4.79 Å². The molecule has 0 N–H and O–H groups in total. The normalized spacial score (nSPS) is 15.2. The van der Waals surface area contributed by atoms with Gasteiger partial charge in [-0.05, 0) is 28.1 Å². The number of piperazine rings is 1. The Hall–Kier alpha value is -1.60. The molecular weight excluding hydrogens is 370 g/mol. The minimum atomic E-state index is -0.269. The number of rotatable bonds is 2. The van der Waals surface area contributed by atoms with Crippen LogP contribution in [0.15, 0.2) is 33.8 Å². The molecule has 0 aliphatic carbocycles. The standard InChI is InChI=1S/C14H15BrClN5O/c1-19-14(22)12(16)11(9-18-19)20-5-7-21(8-6-20)13-10(15)3-2-4-17-13/h2-4,9H,5-8H2,1H3. The topological polar surface area (TPSA) is 54.3 Å². The summed E-state index contributed by atoms with van der Waals surface area (Å²) < 4.78 is 2.23. The predicted molar refractivity (Wildman–Crippen MR) is 90.9 cm³/mol. The molecule has 2 aromatic heterocycles. The van der Waals surface area contributed by atoms with Gasteiger partial charge in [0, 0.05) is 39.4 Å². The molecular formula is C14H15BrClN5O. The monoisotopic (exact) mass is 383 g/mol. The van der Waals surface area contributed by atoms with Gasteiger partial charge < -0.3 is 9.80 Å². The van der Waals surface area contributed by atoms with E-state index in [0.29, 0.717) is 5.69 Å². The van der Waals surface area contributed by atoms with E-state index >= 15 is 0 Å². The third kappa shape index (κ3) is 2.83. The fraction of sp³-hybridized carbons (Fsp3) is 0.357. The van der Waals surface area contributed by atoms with Crippen molar-refractivity contribution in [2.75, 3.05) is 36.0 Å². The van der Waals surface area contributed by atoms with Crippen LogP contribution in [0.25, 0.3) is 0 Å². The van der Waals surface area contributed by atoms with E-state index < -0.39 is 0 Å². The lowest BCUT2D eigenvalue weighted by molar-refractivity contribution is 0.637. The first-order valence-corrected chi connectivity index (χ1v) is 8.07. The molecule has 116 valence electrons. The Balaban J connectivity index is 1.76. The van der Waals surface area contributed by atoms with Crippen molar-refractivity contribution in [1.29, 1.82) is 0 Å². The molecule has 0 amide bonds. The molecule has 8 heteroatoms. The van der Waals surface area contributed by atoms with E-state index in [1.54, 1.807) is 19.4 Å². The number of halogens is 2. The van der Waals surface area contributed by atoms with Crippen molar-refractivity contribution in [2.45, 2.75) is 0 Å². The van der Waals surface area contributed by atoms with Crippen LogP contribution in [0.4, 0.5) is 11.5 Å². The van der Waals surface area contributed by atoms with Crippen LogP contribution in [0.2, 0.25) is 5.02 Å². The molecule has 0 saturated carbocycles. The highest BCUT2D eigenvalue weighted by molar-refractivity contribution is 9.10. The van der Waals surface area contributed by atoms with Crippen LogP contribution >= 0.6 is 27.5 Å². The Kier molecular flexibility index (Phi) is 4.35. The van der Waals surface area contributed by atoms with E-state index in [1.165, 1.54) is 4.68 Å². The maximum atomic E-state index is 11.9. The highest BCUT2D eigenvalue weighted by Crippen LogP contribution is 2.26. The van der Waals surface area contributed by atoms with Gasteiger partial charge in [0.05, 0.1) is 16.4 Å². The molecule has 0 spiro atoms. The van der Waals surface area contributed by atoms with Crippen molar-refractivity contribution >= 4 is 39.0 Å².